The van der Waals surface area contributed by atoms with E-state index in [1.165, 1.54) is 15.4 Å². The zero-order valence-corrected chi connectivity index (χ0v) is 14.2. The molecule has 3 rings (SSSR count). The Morgan fingerprint density at radius 1 is 1.25 bits per heavy atom. The zero-order chi connectivity index (χ0) is 17.3. The SMILES string of the molecule is CC(n1nnc(-c2cncc(N(C)C)c2)n1)n1ccc(Cl)cc1=O. The fourth-order valence-electron chi connectivity index (χ4n) is 2.18. The first-order valence-electron chi connectivity index (χ1n) is 7.25. The van der Waals surface area contributed by atoms with Gasteiger partial charge in [-0.25, -0.2) is 0 Å². The molecule has 1 unspecified atom stereocenters. The molecule has 0 bridgehead atoms. The van der Waals surface area contributed by atoms with Gasteiger partial charge in [-0.1, -0.05) is 11.6 Å². The Morgan fingerprint density at radius 3 is 2.75 bits per heavy atom. The topological polar surface area (TPSA) is 81.7 Å². The summed E-state index contributed by atoms with van der Waals surface area (Å²) in [5.41, 5.74) is 1.46. The summed E-state index contributed by atoms with van der Waals surface area (Å²) in [6.45, 7) is 1.80. The fraction of sp³-hybridized carbons (Fsp3) is 0.267. The average Bonchev–Trinajstić information content (AvgIpc) is 3.04. The van der Waals surface area contributed by atoms with Gasteiger partial charge in [0.05, 0.1) is 11.9 Å². The summed E-state index contributed by atoms with van der Waals surface area (Å²) in [5.74, 6) is 0.445. The van der Waals surface area contributed by atoms with Crippen molar-refractivity contribution < 1.29 is 0 Å². The molecule has 0 radical (unpaired) electrons. The molecule has 1 atom stereocenters. The highest BCUT2D eigenvalue weighted by Crippen LogP contribution is 2.19. The van der Waals surface area contributed by atoms with Gasteiger partial charge >= 0.3 is 0 Å². The molecule has 0 aliphatic rings. The molecule has 3 aromatic heterocycles. The van der Waals surface area contributed by atoms with E-state index in [4.69, 9.17) is 11.6 Å². The van der Waals surface area contributed by atoms with Crippen LogP contribution in [0.5, 0.6) is 0 Å². The molecule has 3 aromatic rings. The standard InChI is InChI=1S/C15H16ClN7O/c1-10(22-5-4-12(16)7-14(22)24)23-19-15(18-20-23)11-6-13(21(2)3)9-17-8-11/h4-10H,1-3H3. The van der Waals surface area contributed by atoms with Gasteiger partial charge in [0.1, 0.15) is 6.17 Å². The van der Waals surface area contributed by atoms with Gasteiger partial charge < -0.3 is 4.90 Å². The Labute approximate surface area is 143 Å². The molecule has 9 heteroatoms. The molecule has 3 heterocycles. The number of rotatable bonds is 4. The smallest absolute Gasteiger partial charge is 0.253 e. The van der Waals surface area contributed by atoms with Gasteiger partial charge in [-0.15, -0.1) is 15.0 Å². The first-order chi connectivity index (χ1) is 11.5. The minimum Gasteiger partial charge on any atom is -0.376 e. The van der Waals surface area contributed by atoms with Crippen LogP contribution in [-0.4, -0.2) is 43.9 Å². The summed E-state index contributed by atoms with van der Waals surface area (Å²) in [6.07, 6.45) is 4.60. The van der Waals surface area contributed by atoms with Crippen molar-refractivity contribution in [2.75, 3.05) is 19.0 Å². The molecule has 0 amide bonds. The molecule has 8 nitrogen and oxygen atoms in total. The highest BCUT2D eigenvalue weighted by Gasteiger charge is 2.14. The minimum atomic E-state index is -0.430. The Bertz CT molecular complexity index is 918. The molecule has 0 N–H and O–H groups in total. The monoisotopic (exact) mass is 345 g/mol. The average molecular weight is 346 g/mol. The van der Waals surface area contributed by atoms with Crippen molar-refractivity contribution >= 4 is 17.3 Å². The maximum Gasteiger partial charge on any atom is 0.253 e. The Morgan fingerprint density at radius 2 is 2.04 bits per heavy atom. The summed E-state index contributed by atoms with van der Waals surface area (Å²) in [6, 6.07) is 4.91. The number of hydrogen-bond acceptors (Lipinski definition) is 6. The molecule has 24 heavy (non-hydrogen) atoms. The van der Waals surface area contributed by atoms with Gasteiger partial charge in [-0.2, -0.15) is 0 Å². The van der Waals surface area contributed by atoms with Gasteiger partial charge in [0.15, 0.2) is 0 Å². The van der Waals surface area contributed by atoms with Gasteiger partial charge in [0, 0.05) is 43.1 Å². The van der Waals surface area contributed by atoms with Crippen molar-refractivity contribution in [3.63, 3.8) is 0 Å². The van der Waals surface area contributed by atoms with Crippen LogP contribution in [0.15, 0.2) is 41.6 Å². The molecule has 0 saturated heterocycles. The summed E-state index contributed by atoms with van der Waals surface area (Å²) in [5, 5.41) is 12.9. The molecule has 0 saturated carbocycles. The quantitative estimate of drug-likeness (QED) is 0.715. The predicted molar refractivity (Wildman–Crippen MR) is 91.2 cm³/mol. The van der Waals surface area contributed by atoms with E-state index >= 15 is 0 Å². The largest absolute Gasteiger partial charge is 0.376 e. The first-order valence-corrected chi connectivity index (χ1v) is 7.63. The van der Waals surface area contributed by atoms with Crippen molar-refractivity contribution in [2.45, 2.75) is 13.1 Å². The number of halogens is 1. The van der Waals surface area contributed by atoms with Gasteiger partial charge in [-0.05, 0) is 24.3 Å². The maximum atomic E-state index is 12.0. The Balaban J connectivity index is 1.93. The van der Waals surface area contributed by atoms with Crippen LogP contribution in [0.1, 0.15) is 13.1 Å². The van der Waals surface area contributed by atoms with Crippen LogP contribution in [0.4, 0.5) is 5.69 Å². The number of nitrogens with zero attached hydrogens (tertiary/aromatic N) is 7. The van der Waals surface area contributed by atoms with E-state index in [9.17, 15) is 4.79 Å². The van der Waals surface area contributed by atoms with Crippen molar-refractivity contribution in [1.29, 1.82) is 0 Å². The molecule has 0 aliphatic carbocycles. The number of pyridine rings is 2. The third kappa shape index (κ3) is 3.13. The maximum absolute atomic E-state index is 12.0. The van der Waals surface area contributed by atoms with E-state index in [0.717, 1.165) is 11.3 Å². The second kappa shape index (κ2) is 6.40. The van der Waals surface area contributed by atoms with Crippen molar-refractivity contribution in [2.24, 2.45) is 0 Å². The molecular formula is C15H16ClN7O. The van der Waals surface area contributed by atoms with E-state index in [-0.39, 0.29) is 5.56 Å². The van der Waals surface area contributed by atoms with Crippen molar-refractivity contribution in [3.05, 3.63) is 52.2 Å². The summed E-state index contributed by atoms with van der Waals surface area (Å²) in [4.78, 5) is 19.5. The Kier molecular flexibility index (Phi) is 4.30. The van der Waals surface area contributed by atoms with Crippen LogP contribution in [0.25, 0.3) is 11.4 Å². The zero-order valence-electron chi connectivity index (χ0n) is 13.5. The lowest BCUT2D eigenvalue weighted by Gasteiger charge is -2.13. The predicted octanol–water partition coefficient (Wildman–Crippen LogP) is 1.68. The first kappa shape index (κ1) is 16.1. The third-order valence-electron chi connectivity index (χ3n) is 3.57. The molecular weight excluding hydrogens is 330 g/mol. The lowest BCUT2D eigenvalue weighted by molar-refractivity contribution is 0.365. The lowest BCUT2D eigenvalue weighted by atomic mass is 10.2. The van der Waals surface area contributed by atoms with Gasteiger partial charge in [0.25, 0.3) is 5.56 Å². The normalized spacial score (nSPS) is 12.2. The van der Waals surface area contributed by atoms with E-state index in [0.29, 0.717) is 10.8 Å². The van der Waals surface area contributed by atoms with Gasteiger partial charge in [0.2, 0.25) is 5.82 Å². The molecule has 0 spiro atoms. The van der Waals surface area contributed by atoms with E-state index < -0.39 is 6.17 Å². The second-order valence-electron chi connectivity index (χ2n) is 5.48. The highest BCUT2D eigenvalue weighted by molar-refractivity contribution is 6.30. The number of aromatic nitrogens is 6. The van der Waals surface area contributed by atoms with Crippen LogP contribution in [0, 0.1) is 0 Å². The van der Waals surface area contributed by atoms with Crippen molar-refractivity contribution in [3.8, 4) is 11.4 Å². The van der Waals surface area contributed by atoms with Crippen molar-refractivity contribution in [1.82, 2.24) is 29.8 Å². The molecule has 0 fully saturated rings. The second-order valence-corrected chi connectivity index (χ2v) is 5.92. The summed E-state index contributed by atoms with van der Waals surface area (Å²) < 4.78 is 1.48. The van der Waals surface area contributed by atoms with Crippen LogP contribution in [-0.2, 0) is 0 Å². The summed E-state index contributed by atoms with van der Waals surface area (Å²) in [7, 11) is 3.86. The summed E-state index contributed by atoms with van der Waals surface area (Å²) >= 11 is 5.82. The van der Waals surface area contributed by atoms with E-state index in [1.807, 2.05) is 25.1 Å². The van der Waals surface area contributed by atoms with E-state index in [1.54, 1.807) is 31.6 Å². The van der Waals surface area contributed by atoms with Crippen LogP contribution < -0.4 is 10.5 Å². The van der Waals surface area contributed by atoms with Crippen LogP contribution >= 0.6 is 11.6 Å². The minimum absolute atomic E-state index is 0.231. The van der Waals surface area contributed by atoms with Crippen LogP contribution in [0.3, 0.4) is 0 Å². The number of tetrazole rings is 1. The number of hydrogen-bond donors (Lipinski definition) is 0. The molecule has 124 valence electrons. The van der Waals surface area contributed by atoms with Gasteiger partial charge in [-0.3, -0.25) is 14.3 Å². The van der Waals surface area contributed by atoms with Crippen LogP contribution in [0.2, 0.25) is 5.02 Å². The van der Waals surface area contributed by atoms with E-state index in [2.05, 4.69) is 20.4 Å². The third-order valence-corrected chi connectivity index (χ3v) is 3.81. The fourth-order valence-corrected chi connectivity index (χ4v) is 2.33. The highest BCUT2D eigenvalue weighted by atomic mass is 35.5. The lowest BCUT2D eigenvalue weighted by Crippen LogP contribution is -2.27. The molecule has 0 aromatic carbocycles. The Hall–Kier alpha value is -2.74. The number of anilines is 1. The molecule has 0 aliphatic heterocycles.